The largest absolute Gasteiger partial charge is 0.321 e. The molecule has 0 bridgehead atoms. The molecule has 0 saturated heterocycles. The van der Waals surface area contributed by atoms with Crippen molar-refractivity contribution in [2.75, 3.05) is 5.32 Å². The van der Waals surface area contributed by atoms with Crippen LogP contribution in [-0.4, -0.2) is 12.2 Å². The maximum Gasteiger partial charge on any atom is 0.259 e. The van der Waals surface area contributed by atoms with Gasteiger partial charge in [-0.05, 0) is 25.0 Å². The summed E-state index contributed by atoms with van der Waals surface area (Å²) in [6, 6.07) is 5.67. The van der Waals surface area contributed by atoms with E-state index < -0.39 is 5.91 Å². The Morgan fingerprint density at radius 2 is 1.87 bits per heavy atom. The van der Waals surface area contributed by atoms with Crippen LogP contribution < -0.4 is 5.32 Å². The molecule has 0 unspecified atom stereocenters. The van der Waals surface area contributed by atoms with Crippen LogP contribution in [-0.2, 0) is 9.59 Å². The van der Waals surface area contributed by atoms with Crippen LogP contribution in [0.25, 0.3) is 0 Å². The number of hydrogen-bond acceptors (Lipinski definition) is 2. The number of para-hydroxylation sites is 1. The van der Waals surface area contributed by atoms with Gasteiger partial charge in [0.1, 0.15) is 0 Å². The van der Waals surface area contributed by atoms with E-state index in [1.807, 2.05) is 32.0 Å². The first-order valence-electron chi connectivity index (χ1n) is 4.51. The van der Waals surface area contributed by atoms with Gasteiger partial charge in [-0.25, -0.2) is 0 Å². The smallest absolute Gasteiger partial charge is 0.259 e. The summed E-state index contributed by atoms with van der Waals surface area (Å²) >= 11 is 0. The molecule has 0 spiro atoms. The zero-order chi connectivity index (χ0) is 11.4. The molecule has 0 saturated carbocycles. The van der Waals surface area contributed by atoms with E-state index in [-0.39, 0.29) is 5.57 Å². The van der Waals surface area contributed by atoms with Crippen LogP contribution >= 0.6 is 0 Å². The lowest BCUT2D eigenvalue weighted by molar-refractivity contribution is -0.112. The Hall–Kier alpha value is -1.90. The van der Waals surface area contributed by atoms with Crippen molar-refractivity contribution in [2.24, 2.45) is 0 Å². The van der Waals surface area contributed by atoms with Crippen molar-refractivity contribution >= 4 is 17.9 Å². The SMILES string of the molecule is C=C([C]=O)C(=O)Nc1c(C)cccc1C. The molecular weight excluding hydrogens is 190 g/mol. The fraction of sp³-hybridized carbons (Fsp3) is 0.167. The van der Waals surface area contributed by atoms with Crippen LogP contribution in [0.1, 0.15) is 11.1 Å². The number of benzene rings is 1. The molecule has 15 heavy (non-hydrogen) atoms. The highest BCUT2D eigenvalue weighted by Crippen LogP contribution is 2.19. The number of carbonyl (C=O) groups is 1. The number of hydrogen-bond donors (Lipinski definition) is 1. The Labute approximate surface area is 88.8 Å². The van der Waals surface area contributed by atoms with Gasteiger partial charge in [-0.1, -0.05) is 24.8 Å². The van der Waals surface area contributed by atoms with E-state index >= 15 is 0 Å². The summed E-state index contributed by atoms with van der Waals surface area (Å²) in [5, 5.41) is 2.63. The zero-order valence-corrected chi connectivity index (χ0v) is 8.76. The van der Waals surface area contributed by atoms with E-state index in [0.29, 0.717) is 0 Å². The van der Waals surface area contributed by atoms with E-state index in [9.17, 15) is 9.59 Å². The molecule has 3 heteroatoms. The summed E-state index contributed by atoms with van der Waals surface area (Å²) in [6.45, 7) is 7.06. The highest BCUT2D eigenvalue weighted by molar-refractivity contribution is 6.16. The minimum atomic E-state index is -0.512. The van der Waals surface area contributed by atoms with Crippen LogP contribution in [0.3, 0.4) is 0 Å². The molecule has 0 aromatic heterocycles. The summed E-state index contributed by atoms with van der Waals surface area (Å²) in [6.07, 6.45) is 1.47. The van der Waals surface area contributed by atoms with Gasteiger partial charge in [-0.3, -0.25) is 9.59 Å². The van der Waals surface area contributed by atoms with Crippen LogP contribution in [0.5, 0.6) is 0 Å². The normalized spacial score (nSPS) is 9.47. The van der Waals surface area contributed by atoms with Gasteiger partial charge < -0.3 is 5.32 Å². The molecule has 3 nitrogen and oxygen atoms in total. The summed E-state index contributed by atoms with van der Waals surface area (Å²) < 4.78 is 0. The van der Waals surface area contributed by atoms with Gasteiger partial charge in [0, 0.05) is 5.69 Å². The second-order valence-corrected chi connectivity index (χ2v) is 3.30. The fourth-order valence-electron chi connectivity index (χ4n) is 1.25. The van der Waals surface area contributed by atoms with Crippen molar-refractivity contribution in [1.29, 1.82) is 0 Å². The number of nitrogens with one attached hydrogen (secondary N) is 1. The molecule has 1 amide bonds. The third-order valence-corrected chi connectivity index (χ3v) is 2.12. The van der Waals surface area contributed by atoms with Crippen molar-refractivity contribution in [3.8, 4) is 0 Å². The maximum atomic E-state index is 11.4. The molecule has 77 valence electrons. The molecule has 0 atom stereocenters. The Morgan fingerprint density at radius 3 is 2.33 bits per heavy atom. The second-order valence-electron chi connectivity index (χ2n) is 3.30. The lowest BCUT2D eigenvalue weighted by Gasteiger charge is -2.10. The van der Waals surface area contributed by atoms with Crippen molar-refractivity contribution in [1.82, 2.24) is 0 Å². The predicted octanol–water partition coefficient (Wildman–Crippen LogP) is 1.91. The molecule has 0 aliphatic heterocycles. The van der Waals surface area contributed by atoms with Gasteiger partial charge in [0.05, 0.1) is 5.57 Å². The van der Waals surface area contributed by atoms with Crippen molar-refractivity contribution < 1.29 is 9.59 Å². The minimum absolute atomic E-state index is 0.197. The van der Waals surface area contributed by atoms with Gasteiger partial charge in [-0.2, -0.15) is 0 Å². The predicted molar refractivity (Wildman–Crippen MR) is 59.4 cm³/mol. The first-order valence-corrected chi connectivity index (χ1v) is 4.51. The molecular formula is C12H12NO2. The number of aryl methyl sites for hydroxylation is 2. The van der Waals surface area contributed by atoms with Gasteiger partial charge in [0.15, 0.2) is 0 Å². The quantitative estimate of drug-likeness (QED) is 0.462. The molecule has 1 aromatic carbocycles. The number of amides is 1. The summed E-state index contributed by atoms with van der Waals surface area (Å²) in [4.78, 5) is 21.6. The third kappa shape index (κ3) is 2.53. The number of anilines is 1. The highest BCUT2D eigenvalue weighted by Gasteiger charge is 2.09. The summed E-state index contributed by atoms with van der Waals surface area (Å²) in [7, 11) is 0. The fourth-order valence-corrected chi connectivity index (χ4v) is 1.25. The van der Waals surface area contributed by atoms with E-state index in [4.69, 9.17) is 0 Å². The highest BCUT2D eigenvalue weighted by atomic mass is 16.2. The first-order chi connectivity index (χ1) is 7.06. The minimum Gasteiger partial charge on any atom is -0.321 e. The van der Waals surface area contributed by atoms with Crippen LogP contribution in [0.2, 0.25) is 0 Å². The number of rotatable bonds is 3. The molecule has 1 aromatic rings. The van der Waals surface area contributed by atoms with Crippen LogP contribution in [0.15, 0.2) is 30.4 Å². The van der Waals surface area contributed by atoms with Crippen molar-refractivity contribution in [3.63, 3.8) is 0 Å². The lowest BCUT2D eigenvalue weighted by atomic mass is 10.1. The Kier molecular flexibility index (Phi) is 3.39. The van der Waals surface area contributed by atoms with E-state index in [1.54, 1.807) is 0 Å². The van der Waals surface area contributed by atoms with E-state index in [1.165, 1.54) is 6.29 Å². The molecule has 0 aliphatic carbocycles. The molecule has 1 N–H and O–H groups in total. The van der Waals surface area contributed by atoms with E-state index in [2.05, 4.69) is 11.9 Å². The average Bonchev–Trinajstić information content (AvgIpc) is 2.22. The van der Waals surface area contributed by atoms with Crippen LogP contribution in [0.4, 0.5) is 5.69 Å². The number of carbonyl (C=O) groups excluding carboxylic acids is 2. The summed E-state index contributed by atoms with van der Waals surface area (Å²) in [5.41, 5.74) is 2.42. The second kappa shape index (κ2) is 4.55. The van der Waals surface area contributed by atoms with Gasteiger partial charge in [0.25, 0.3) is 5.91 Å². The molecule has 1 radical (unpaired) electrons. The maximum absolute atomic E-state index is 11.4. The Balaban J connectivity index is 2.94. The van der Waals surface area contributed by atoms with E-state index in [0.717, 1.165) is 16.8 Å². The van der Waals surface area contributed by atoms with Crippen LogP contribution in [0, 0.1) is 13.8 Å². The van der Waals surface area contributed by atoms with Gasteiger partial charge in [0.2, 0.25) is 6.29 Å². The van der Waals surface area contributed by atoms with Crippen molar-refractivity contribution in [2.45, 2.75) is 13.8 Å². The molecule has 0 fully saturated rings. The molecule has 0 heterocycles. The van der Waals surface area contributed by atoms with Gasteiger partial charge >= 0.3 is 0 Å². The average molecular weight is 202 g/mol. The summed E-state index contributed by atoms with van der Waals surface area (Å²) in [5.74, 6) is -0.512. The first kappa shape index (κ1) is 11.2. The standard InChI is InChI=1S/C12H12NO2/c1-8-5-4-6-9(2)11(8)13-12(15)10(3)7-14/h4-6H,3H2,1-2H3,(H,13,15). The lowest BCUT2D eigenvalue weighted by Crippen LogP contribution is -2.15. The van der Waals surface area contributed by atoms with Crippen molar-refractivity contribution in [3.05, 3.63) is 41.5 Å². The Bertz CT molecular complexity index is 401. The molecule has 1 rings (SSSR count). The third-order valence-electron chi connectivity index (χ3n) is 2.12. The van der Waals surface area contributed by atoms with Gasteiger partial charge in [-0.15, -0.1) is 0 Å². The molecule has 0 aliphatic rings. The monoisotopic (exact) mass is 202 g/mol. The topological polar surface area (TPSA) is 46.2 Å². The Morgan fingerprint density at radius 1 is 1.33 bits per heavy atom. The zero-order valence-electron chi connectivity index (χ0n) is 8.76.